The third-order valence-electron chi connectivity index (χ3n) is 5.08. The normalized spacial score (nSPS) is 18.9. The Hall–Kier alpha value is -1.74. The van der Waals surface area contributed by atoms with Gasteiger partial charge >= 0.3 is 0 Å². The minimum Gasteiger partial charge on any atom is -0.325 e. The Morgan fingerprint density at radius 3 is 2.41 bits per heavy atom. The van der Waals surface area contributed by atoms with Crippen LogP contribution in [0.2, 0.25) is 0 Å². The molecular formula is C21H29N3O3S2. The van der Waals surface area contributed by atoms with Crippen LogP contribution in [0.15, 0.2) is 41.3 Å². The fraction of sp³-hybridized carbons (Fsp3) is 0.476. The Balaban J connectivity index is 1.66. The molecule has 0 aliphatic carbocycles. The standard InChI is InChI=1S/C21H29N3O3S2/c1-14(2)23-29(26,27)18-10-8-17(9-11-18)22-21(25)16(4)24-13-5-6-19(24)20-12-7-15(3)28-20/h7-12,14,16,19,23H,5-6,13H2,1-4H3,(H,22,25). The summed E-state index contributed by atoms with van der Waals surface area (Å²) in [6.07, 6.45) is 2.14. The molecule has 2 N–H and O–H groups in total. The summed E-state index contributed by atoms with van der Waals surface area (Å²) in [5.74, 6) is -0.0823. The fourth-order valence-corrected chi connectivity index (χ4v) is 5.97. The molecule has 2 aromatic rings. The maximum Gasteiger partial charge on any atom is 0.241 e. The third-order valence-corrected chi connectivity index (χ3v) is 7.86. The van der Waals surface area contributed by atoms with E-state index in [0.717, 1.165) is 19.4 Å². The quantitative estimate of drug-likeness (QED) is 0.691. The number of amides is 1. The average molecular weight is 436 g/mol. The molecule has 3 rings (SSSR count). The van der Waals surface area contributed by atoms with Crippen LogP contribution in [0.4, 0.5) is 5.69 Å². The molecule has 1 aliphatic heterocycles. The first kappa shape index (κ1) is 22.0. The van der Waals surface area contributed by atoms with Crippen LogP contribution < -0.4 is 10.0 Å². The van der Waals surface area contributed by atoms with Crippen LogP contribution >= 0.6 is 11.3 Å². The summed E-state index contributed by atoms with van der Waals surface area (Å²) in [6.45, 7) is 8.48. The maximum atomic E-state index is 12.8. The summed E-state index contributed by atoms with van der Waals surface area (Å²) in [5.41, 5.74) is 0.591. The molecule has 0 bridgehead atoms. The summed E-state index contributed by atoms with van der Waals surface area (Å²) in [7, 11) is -3.54. The van der Waals surface area contributed by atoms with E-state index in [-0.39, 0.29) is 28.9 Å². The van der Waals surface area contributed by atoms with Gasteiger partial charge in [0.1, 0.15) is 0 Å². The largest absolute Gasteiger partial charge is 0.325 e. The van der Waals surface area contributed by atoms with E-state index in [2.05, 4.69) is 34.0 Å². The molecule has 29 heavy (non-hydrogen) atoms. The minimum atomic E-state index is -3.54. The topological polar surface area (TPSA) is 78.5 Å². The lowest BCUT2D eigenvalue weighted by Gasteiger charge is -2.29. The van der Waals surface area contributed by atoms with E-state index in [1.807, 2.05) is 6.92 Å². The van der Waals surface area contributed by atoms with Crippen LogP contribution in [0.25, 0.3) is 0 Å². The number of aryl methyl sites for hydroxylation is 1. The number of thiophene rings is 1. The van der Waals surface area contributed by atoms with Gasteiger partial charge in [0.05, 0.1) is 10.9 Å². The minimum absolute atomic E-state index is 0.0823. The third kappa shape index (κ3) is 5.25. The Labute approximate surface area is 177 Å². The molecule has 1 saturated heterocycles. The first-order valence-corrected chi connectivity index (χ1v) is 12.2. The predicted molar refractivity (Wildman–Crippen MR) is 118 cm³/mol. The van der Waals surface area contributed by atoms with Crippen molar-refractivity contribution >= 4 is 33.0 Å². The molecule has 1 aromatic heterocycles. The summed E-state index contributed by atoms with van der Waals surface area (Å²) >= 11 is 1.79. The molecule has 2 unspecified atom stereocenters. The van der Waals surface area contributed by atoms with Crippen LogP contribution in [-0.4, -0.2) is 37.9 Å². The number of nitrogens with one attached hydrogen (secondary N) is 2. The highest BCUT2D eigenvalue weighted by Crippen LogP contribution is 2.37. The van der Waals surface area contributed by atoms with Gasteiger partial charge in [0.25, 0.3) is 0 Å². The second kappa shape index (κ2) is 8.95. The Bertz CT molecular complexity index is 952. The molecule has 0 radical (unpaired) electrons. The zero-order chi connectivity index (χ0) is 21.2. The van der Waals surface area contributed by atoms with E-state index in [0.29, 0.717) is 5.69 Å². The van der Waals surface area contributed by atoms with Crippen LogP contribution in [0.5, 0.6) is 0 Å². The van der Waals surface area contributed by atoms with Gasteiger partial charge in [-0.05, 0) is 83.5 Å². The van der Waals surface area contributed by atoms with Gasteiger partial charge in [-0.1, -0.05) is 0 Å². The van der Waals surface area contributed by atoms with E-state index in [1.165, 1.54) is 21.9 Å². The van der Waals surface area contributed by atoms with E-state index in [1.54, 1.807) is 37.3 Å². The number of likely N-dealkylation sites (tertiary alicyclic amines) is 1. The van der Waals surface area contributed by atoms with Crippen LogP contribution in [0.3, 0.4) is 0 Å². The molecule has 158 valence electrons. The molecular weight excluding hydrogens is 406 g/mol. The van der Waals surface area contributed by atoms with Gasteiger partial charge in [-0.15, -0.1) is 11.3 Å². The lowest BCUT2D eigenvalue weighted by atomic mass is 10.1. The van der Waals surface area contributed by atoms with Crippen LogP contribution in [0, 0.1) is 6.92 Å². The molecule has 1 aliphatic rings. The molecule has 6 nitrogen and oxygen atoms in total. The Morgan fingerprint density at radius 2 is 1.83 bits per heavy atom. The van der Waals surface area contributed by atoms with Crippen molar-refractivity contribution < 1.29 is 13.2 Å². The highest BCUT2D eigenvalue weighted by Gasteiger charge is 2.33. The van der Waals surface area contributed by atoms with Gasteiger partial charge in [-0.25, -0.2) is 13.1 Å². The summed E-state index contributed by atoms with van der Waals surface area (Å²) < 4.78 is 27.0. The molecule has 8 heteroatoms. The summed E-state index contributed by atoms with van der Waals surface area (Å²) in [5, 5.41) is 2.92. The molecule has 1 aromatic carbocycles. The number of benzene rings is 1. The van der Waals surface area contributed by atoms with Crippen LogP contribution in [-0.2, 0) is 14.8 Å². The predicted octanol–water partition coefficient (Wildman–Crippen LogP) is 3.91. The Kier molecular flexibility index (Phi) is 6.78. The summed E-state index contributed by atoms with van der Waals surface area (Å²) in [6, 6.07) is 10.4. The zero-order valence-corrected chi connectivity index (χ0v) is 18.9. The first-order chi connectivity index (χ1) is 13.7. The SMILES string of the molecule is Cc1ccc(C2CCCN2C(C)C(=O)Nc2ccc(S(=O)(=O)NC(C)C)cc2)s1. The number of anilines is 1. The second-order valence-electron chi connectivity index (χ2n) is 7.81. The molecule has 2 atom stereocenters. The van der Waals surface area contributed by atoms with Crippen molar-refractivity contribution in [3.8, 4) is 0 Å². The number of carbonyl (C=O) groups is 1. The fourth-order valence-electron chi connectivity index (χ4n) is 3.68. The number of hydrogen-bond donors (Lipinski definition) is 2. The van der Waals surface area contributed by atoms with E-state index in [4.69, 9.17) is 0 Å². The van der Waals surface area contributed by atoms with Gasteiger partial charge in [-0.3, -0.25) is 9.69 Å². The van der Waals surface area contributed by atoms with Crippen molar-refractivity contribution in [1.82, 2.24) is 9.62 Å². The van der Waals surface area contributed by atoms with Crippen molar-refractivity contribution in [3.63, 3.8) is 0 Å². The summed E-state index contributed by atoms with van der Waals surface area (Å²) in [4.78, 5) is 17.9. The number of sulfonamides is 1. The number of nitrogens with zero attached hydrogens (tertiary/aromatic N) is 1. The number of carbonyl (C=O) groups excluding carboxylic acids is 1. The molecule has 0 saturated carbocycles. The smallest absolute Gasteiger partial charge is 0.241 e. The van der Waals surface area contributed by atoms with Gasteiger partial charge in [0, 0.05) is 27.5 Å². The van der Waals surface area contributed by atoms with Crippen molar-refractivity contribution in [3.05, 3.63) is 46.2 Å². The molecule has 1 amide bonds. The Morgan fingerprint density at radius 1 is 1.14 bits per heavy atom. The van der Waals surface area contributed by atoms with Gasteiger partial charge in [0.2, 0.25) is 15.9 Å². The van der Waals surface area contributed by atoms with Crippen LogP contribution in [0.1, 0.15) is 49.4 Å². The highest BCUT2D eigenvalue weighted by molar-refractivity contribution is 7.89. The van der Waals surface area contributed by atoms with E-state index >= 15 is 0 Å². The number of rotatable bonds is 7. The van der Waals surface area contributed by atoms with Crippen molar-refractivity contribution in [1.29, 1.82) is 0 Å². The lowest BCUT2D eigenvalue weighted by Crippen LogP contribution is -2.41. The highest BCUT2D eigenvalue weighted by atomic mass is 32.2. The van der Waals surface area contributed by atoms with Crippen molar-refractivity contribution in [2.24, 2.45) is 0 Å². The number of hydrogen-bond acceptors (Lipinski definition) is 5. The van der Waals surface area contributed by atoms with Gasteiger partial charge in [-0.2, -0.15) is 0 Å². The zero-order valence-electron chi connectivity index (χ0n) is 17.3. The van der Waals surface area contributed by atoms with Crippen molar-refractivity contribution in [2.45, 2.75) is 63.6 Å². The molecule has 0 spiro atoms. The van der Waals surface area contributed by atoms with Crippen molar-refractivity contribution in [2.75, 3.05) is 11.9 Å². The van der Waals surface area contributed by atoms with Gasteiger partial charge in [0.15, 0.2) is 0 Å². The second-order valence-corrected chi connectivity index (χ2v) is 10.8. The molecule has 1 fully saturated rings. The monoisotopic (exact) mass is 435 g/mol. The van der Waals surface area contributed by atoms with Gasteiger partial charge < -0.3 is 5.32 Å². The maximum absolute atomic E-state index is 12.8. The lowest BCUT2D eigenvalue weighted by molar-refractivity contribution is -0.121. The first-order valence-electron chi connectivity index (χ1n) is 9.92. The average Bonchev–Trinajstić information content (AvgIpc) is 3.29. The van der Waals surface area contributed by atoms with E-state index < -0.39 is 10.0 Å². The van der Waals surface area contributed by atoms with E-state index in [9.17, 15) is 13.2 Å². The molecule has 2 heterocycles.